The van der Waals surface area contributed by atoms with Gasteiger partial charge in [-0.2, -0.15) is 27.6 Å². The van der Waals surface area contributed by atoms with Gasteiger partial charge in [0.2, 0.25) is 11.6 Å². The molecule has 0 aliphatic heterocycles. The molecule has 0 saturated carbocycles. The van der Waals surface area contributed by atoms with Crippen molar-refractivity contribution in [2.75, 3.05) is 5.43 Å². The van der Waals surface area contributed by atoms with Crippen molar-refractivity contribution in [3.05, 3.63) is 57.3 Å². The molecule has 1 aromatic carbocycles. The number of hydrogen-bond acceptors (Lipinski definition) is 3. The predicted molar refractivity (Wildman–Crippen MR) is 76.4 cm³/mol. The van der Waals surface area contributed by atoms with Crippen molar-refractivity contribution in [3.63, 3.8) is 0 Å². The zero-order valence-corrected chi connectivity index (χ0v) is 12.4. The smallest absolute Gasteiger partial charge is 0.254 e. The van der Waals surface area contributed by atoms with Crippen molar-refractivity contribution in [1.29, 1.82) is 0 Å². The van der Waals surface area contributed by atoms with E-state index in [2.05, 4.69) is 10.1 Å². The fraction of sp³-hybridized carbons (Fsp3) is 0.0769. The van der Waals surface area contributed by atoms with Gasteiger partial charge in [0, 0.05) is 0 Å². The standard InChI is InChI=1S/C13H7Cl2F4N3/c1-5(6-2-3-7(14)8(15)4-6)21-22-11-9(16)12(18)20-13(19)10(11)17/h2-4H,1H3,(H,20,22)/b21-5+. The Kier molecular flexibility index (Phi) is 4.87. The van der Waals surface area contributed by atoms with Gasteiger partial charge in [-0.25, -0.2) is 0 Å². The van der Waals surface area contributed by atoms with Crippen LogP contribution in [-0.2, 0) is 0 Å². The fourth-order valence-corrected chi connectivity index (χ4v) is 1.81. The van der Waals surface area contributed by atoms with Gasteiger partial charge in [0.05, 0.1) is 15.8 Å². The second-order valence-corrected chi connectivity index (χ2v) is 4.95. The first-order valence-electron chi connectivity index (χ1n) is 5.77. The SMILES string of the molecule is C/C(=N\Nc1c(F)c(F)nc(F)c1F)c1ccc(Cl)c(Cl)c1. The van der Waals surface area contributed by atoms with E-state index >= 15 is 0 Å². The Morgan fingerprint density at radius 3 is 2.18 bits per heavy atom. The highest BCUT2D eigenvalue weighted by Crippen LogP contribution is 2.24. The lowest BCUT2D eigenvalue weighted by molar-refractivity contribution is 0.411. The zero-order valence-electron chi connectivity index (χ0n) is 10.9. The molecule has 0 aliphatic carbocycles. The third-order valence-corrected chi connectivity index (χ3v) is 3.41. The average Bonchev–Trinajstić information content (AvgIpc) is 2.47. The van der Waals surface area contributed by atoms with Crippen LogP contribution in [0.5, 0.6) is 0 Å². The molecule has 116 valence electrons. The highest BCUT2D eigenvalue weighted by Gasteiger charge is 2.20. The molecule has 0 atom stereocenters. The number of benzene rings is 1. The Morgan fingerprint density at radius 1 is 1.05 bits per heavy atom. The Balaban J connectivity index is 2.34. The van der Waals surface area contributed by atoms with Crippen LogP contribution < -0.4 is 5.43 Å². The maximum Gasteiger partial charge on any atom is 0.254 e. The molecule has 1 heterocycles. The Hall–Kier alpha value is -1.86. The Morgan fingerprint density at radius 2 is 1.64 bits per heavy atom. The number of pyridine rings is 1. The van der Waals surface area contributed by atoms with Crippen molar-refractivity contribution in [2.24, 2.45) is 5.10 Å². The molecule has 0 fully saturated rings. The van der Waals surface area contributed by atoms with E-state index in [0.717, 1.165) is 0 Å². The van der Waals surface area contributed by atoms with Gasteiger partial charge in [0.25, 0.3) is 11.9 Å². The minimum absolute atomic E-state index is 0.257. The quantitative estimate of drug-likeness (QED) is 0.374. The largest absolute Gasteiger partial charge is 0.272 e. The summed E-state index contributed by atoms with van der Waals surface area (Å²) in [5, 5.41) is 4.24. The number of hydrazone groups is 1. The van der Waals surface area contributed by atoms with Crippen LogP contribution in [-0.4, -0.2) is 10.7 Å². The van der Waals surface area contributed by atoms with Crippen molar-refractivity contribution < 1.29 is 17.6 Å². The summed E-state index contributed by atoms with van der Waals surface area (Å²) in [5.74, 6) is -6.90. The summed E-state index contributed by atoms with van der Waals surface area (Å²) >= 11 is 11.6. The molecule has 0 unspecified atom stereocenters. The number of nitrogens with zero attached hydrogens (tertiary/aromatic N) is 2. The maximum absolute atomic E-state index is 13.4. The van der Waals surface area contributed by atoms with Crippen LogP contribution in [0.25, 0.3) is 0 Å². The minimum Gasteiger partial charge on any atom is -0.272 e. The van der Waals surface area contributed by atoms with Gasteiger partial charge in [0.1, 0.15) is 5.69 Å². The highest BCUT2D eigenvalue weighted by molar-refractivity contribution is 6.42. The van der Waals surface area contributed by atoms with Crippen molar-refractivity contribution >= 4 is 34.6 Å². The van der Waals surface area contributed by atoms with Gasteiger partial charge in [-0.15, -0.1) is 0 Å². The van der Waals surface area contributed by atoms with Gasteiger partial charge in [-0.3, -0.25) is 5.43 Å². The molecule has 9 heteroatoms. The molecular weight excluding hydrogens is 345 g/mol. The summed E-state index contributed by atoms with van der Waals surface area (Å²) in [7, 11) is 0. The average molecular weight is 352 g/mol. The van der Waals surface area contributed by atoms with Gasteiger partial charge in [0.15, 0.2) is 0 Å². The van der Waals surface area contributed by atoms with Crippen LogP contribution in [0.3, 0.4) is 0 Å². The van der Waals surface area contributed by atoms with Crippen LogP contribution in [0, 0.1) is 23.5 Å². The first kappa shape index (κ1) is 16.5. The van der Waals surface area contributed by atoms with E-state index in [1.165, 1.54) is 19.1 Å². The number of nitrogens with one attached hydrogen (secondary N) is 1. The van der Waals surface area contributed by atoms with Crippen molar-refractivity contribution in [3.8, 4) is 0 Å². The molecule has 1 N–H and O–H groups in total. The van der Waals surface area contributed by atoms with Crippen LogP contribution in [0.15, 0.2) is 23.3 Å². The van der Waals surface area contributed by atoms with E-state index in [9.17, 15) is 17.6 Å². The number of anilines is 1. The Labute approximate surface area is 132 Å². The molecule has 0 bridgehead atoms. The first-order valence-corrected chi connectivity index (χ1v) is 6.52. The van der Waals surface area contributed by atoms with E-state index in [1.807, 2.05) is 5.43 Å². The number of halogens is 6. The molecule has 1 aromatic heterocycles. The first-order chi connectivity index (χ1) is 10.3. The summed E-state index contributed by atoms with van der Waals surface area (Å²) in [6.45, 7) is 1.50. The van der Waals surface area contributed by atoms with E-state index in [1.54, 1.807) is 6.07 Å². The molecule has 2 rings (SSSR count). The van der Waals surface area contributed by atoms with Crippen LogP contribution in [0.1, 0.15) is 12.5 Å². The molecule has 0 saturated heterocycles. The normalized spacial score (nSPS) is 11.7. The van der Waals surface area contributed by atoms with Gasteiger partial charge in [-0.05, 0) is 24.6 Å². The molecule has 3 nitrogen and oxygen atoms in total. The van der Waals surface area contributed by atoms with Gasteiger partial charge < -0.3 is 0 Å². The minimum atomic E-state index is -1.77. The van der Waals surface area contributed by atoms with Crippen LogP contribution >= 0.6 is 23.2 Å². The molecule has 0 spiro atoms. The monoisotopic (exact) mass is 351 g/mol. The second kappa shape index (κ2) is 6.50. The zero-order chi connectivity index (χ0) is 16.4. The number of hydrogen-bond donors (Lipinski definition) is 1. The molecular formula is C13H7Cl2F4N3. The number of rotatable bonds is 3. The third kappa shape index (κ3) is 3.31. The molecule has 0 aliphatic rings. The Bertz CT molecular complexity index is 739. The lowest BCUT2D eigenvalue weighted by atomic mass is 10.1. The molecule has 2 aromatic rings. The molecule has 22 heavy (non-hydrogen) atoms. The number of aromatic nitrogens is 1. The summed E-state index contributed by atoms with van der Waals surface area (Å²) in [6.07, 6.45) is 0. The van der Waals surface area contributed by atoms with Crippen molar-refractivity contribution in [2.45, 2.75) is 6.92 Å². The molecule has 0 amide bonds. The van der Waals surface area contributed by atoms with E-state index < -0.39 is 29.2 Å². The van der Waals surface area contributed by atoms with Crippen molar-refractivity contribution in [1.82, 2.24) is 4.98 Å². The topological polar surface area (TPSA) is 37.3 Å². The lowest BCUT2D eigenvalue weighted by Crippen LogP contribution is -2.07. The summed E-state index contributed by atoms with van der Waals surface area (Å²) in [4.78, 5) is 2.44. The van der Waals surface area contributed by atoms with E-state index in [0.29, 0.717) is 10.6 Å². The van der Waals surface area contributed by atoms with Gasteiger partial charge >= 0.3 is 0 Å². The summed E-state index contributed by atoms with van der Waals surface area (Å²) in [6, 6.07) is 4.55. The highest BCUT2D eigenvalue weighted by atomic mass is 35.5. The van der Waals surface area contributed by atoms with Crippen LogP contribution in [0.2, 0.25) is 10.0 Å². The maximum atomic E-state index is 13.4. The van der Waals surface area contributed by atoms with E-state index in [4.69, 9.17) is 23.2 Å². The van der Waals surface area contributed by atoms with Crippen LogP contribution in [0.4, 0.5) is 23.2 Å². The second-order valence-electron chi connectivity index (χ2n) is 4.13. The fourth-order valence-electron chi connectivity index (χ4n) is 1.51. The summed E-state index contributed by atoms with van der Waals surface area (Å²) in [5.41, 5.74) is 1.61. The predicted octanol–water partition coefficient (Wildman–Crippen LogP) is 4.78. The van der Waals surface area contributed by atoms with Gasteiger partial charge in [-0.1, -0.05) is 29.3 Å². The van der Waals surface area contributed by atoms with E-state index in [-0.39, 0.29) is 10.7 Å². The summed E-state index contributed by atoms with van der Waals surface area (Å²) < 4.78 is 52.7. The molecule has 0 radical (unpaired) electrons. The third-order valence-electron chi connectivity index (χ3n) is 2.67. The lowest BCUT2D eigenvalue weighted by Gasteiger charge is -2.07.